The second kappa shape index (κ2) is 8.53. The Morgan fingerprint density at radius 1 is 1.20 bits per heavy atom. The maximum absolute atomic E-state index is 14.6. The van der Waals surface area contributed by atoms with Crippen molar-refractivity contribution in [2.24, 2.45) is 11.8 Å². The number of rotatable bonds is 5. The number of amides is 2. The van der Waals surface area contributed by atoms with E-state index in [2.05, 4.69) is 25.7 Å². The van der Waals surface area contributed by atoms with Crippen molar-refractivity contribution in [3.63, 3.8) is 0 Å². The van der Waals surface area contributed by atoms with Crippen LogP contribution in [0.25, 0.3) is 0 Å². The molecule has 1 aromatic rings. The monoisotopic (exact) mass is 420 g/mol. The van der Waals surface area contributed by atoms with E-state index in [9.17, 15) is 18.4 Å². The summed E-state index contributed by atoms with van der Waals surface area (Å²) in [5.74, 6) is -2.57. The van der Waals surface area contributed by atoms with Gasteiger partial charge in [-0.1, -0.05) is 0 Å². The van der Waals surface area contributed by atoms with Crippen LogP contribution in [0.5, 0.6) is 0 Å². The third-order valence-corrected chi connectivity index (χ3v) is 6.56. The number of imide groups is 1. The van der Waals surface area contributed by atoms with Gasteiger partial charge in [0.15, 0.2) is 5.82 Å². The first-order valence-electron chi connectivity index (χ1n) is 10.6. The number of alkyl halides is 2. The zero-order valence-corrected chi connectivity index (χ0v) is 16.9. The largest absolute Gasteiger partial charge is 0.359 e. The average molecular weight is 420 g/mol. The van der Waals surface area contributed by atoms with Crippen LogP contribution in [-0.2, 0) is 9.59 Å². The molecule has 3 aliphatic rings. The van der Waals surface area contributed by atoms with Crippen LogP contribution in [-0.4, -0.2) is 79.3 Å². The topological polar surface area (TPSA) is 93.4 Å². The van der Waals surface area contributed by atoms with E-state index in [1.54, 1.807) is 4.90 Å². The molecule has 162 valence electrons. The summed E-state index contributed by atoms with van der Waals surface area (Å²) in [6.45, 7) is 1.72. The lowest BCUT2D eigenvalue weighted by atomic mass is 9.76. The Morgan fingerprint density at radius 2 is 1.97 bits per heavy atom. The van der Waals surface area contributed by atoms with Crippen LogP contribution in [0.1, 0.15) is 32.1 Å². The first-order chi connectivity index (χ1) is 14.4. The highest BCUT2D eigenvalue weighted by molar-refractivity contribution is 6.08. The fourth-order valence-electron chi connectivity index (χ4n) is 4.86. The average Bonchev–Trinajstić information content (AvgIpc) is 3.18. The molecule has 0 spiro atoms. The number of hydrogen-bond donors (Lipinski definition) is 3. The van der Waals surface area contributed by atoms with Gasteiger partial charge in [-0.2, -0.15) is 5.10 Å². The van der Waals surface area contributed by atoms with Crippen LogP contribution in [0.2, 0.25) is 0 Å². The molecular weight excluding hydrogens is 393 g/mol. The van der Waals surface area contributed by atoms with Crippen molar-refractivity contribution in [3.05, 3.63) is 6.07 Å². The minimum Gasteiger partial charge on any atom is -0.359 e. The Bertz CT molecular complexity index is 783. The summed E-state index contributed by atoms with van der Waals surface area (Å²) in [6, 6.07) is 1.33. The van der Waals surface area contributed by atoms with Crippen LogP contribution in [0.3, 0.4) is 0 Å². The van der Waals surface area contributed by atoms with Gasteiger partial charge in [0.2, 0.25) is 11.8 Å². The van der Waals surface area contributed by atoms with Crippen LogP contribution in [0.4, 0.5) is 20.4 Å². The van der Waals surface area contributed by atoms with E-state index in [4.69, 9.17) is 7.85 Å². The number of nitrogens with zero attached hydrogens (tertiary/aromatic N) is 3. The summed E-state index contributed by atoms with van der Waals surface area (Å²) in [5.41, 5.74) is 0. The summed E-state index contributed by atoms with van der Waals surface area (Å²) in [4.78, 5) is 26.8. The van der Waals surface area contributed by atoms with E-state index in [-0.39, 0.29) is 30.7 Å². The van der Waals surface area contributed by atoms with E-state index in [0.717, 1.165) is 5.82 Å². The van der Waals surface area contributed by atoms with Crippen molar-refractivity contribution in [2.75, 3.05) is 42.8 Å². The number of anilines is 2. The number of H-pyrrole nitrogens is 1. The van der Waals surface area contributed by atoms with E-state index in [0.29, 0.717) is 57.6 Å². The predicted molar refractivity (Wildman–Crippen MR) is 109 cm³/mol. The molecule has 1 aromatic heterocycles. The van der Waals surface area contributed by atoms with Gasteiger partial charge in [0, 0.05) is 31.5 Å². The normalized spacial score (nSPS) is 28.4. The van der Waals surface area contributed by atoms with Gasteiger partial charge < -0.3 is 15.1 Å². The molecule has 2 amide bonds. The van der Waals surface area contributed by atoms with Crippen molar-refractivity contribution in [1.82, 2.24) is 20.4 Å². The minimum atomic E-state index is -2.70. The van der Waals surface area contributed by atoms with Crippen LogP contribution >= 0.6 is 0 Å². The van der Waals surface area contributed by atoms with Crippen LogP contribution in [0.15, 0.2) is 6.07 Å². The number of carbonyl (C=O) groups excluding carboxylic acids is 2. The second-order valence-electron chi connectivity index (χ2n) is 8.50. The molecule has 0 aromatic carbocycles. The lowest BCUT2D eigenvalue weighted by molar-refractivity contribution is -0.133. The Hall–Kier alpha value is -2.17. The Kier molecular flexibility index (Phi) is 5.99. The van der Waals surface area contributed by atoms with Gasteiger partial charge in [-0.15, -0.1) is 0 Å². The third kappa shape index (κ3) is 4.45. The molecule has 8 nitrogen and oxygen atoms in total. The molecular formula is C19H27BF2N6O2. The molecule has 3 fully saturated rings. The molecule has 11 heteroatoms. The Labute approximate surface area is 175 Å². The summed E-state index contributed by atoms with van der Waals surface area (Å²) >= 11 is 0. The standard InChI is InChI=1S/C19H27BF2N6O2/c20-11-27-6-5-13(19(21,22)10-27)12-3-7-28(8-4-12)16-9-15(25-26-16)23-14-1-2-17(29)24-18(14)30/h9,12-14H,1-8,10-11H2,(H2,23,25,26)(H,24,29,30). The molecule has 3 N–H and O–H groups in total. The summed E-state index contributed by atoms with van der Waals surface area (Å²) in [5, 5.41) is 12.6. The molecule has 2 unspecified atom stereocenters. The summed E-state index contributed by atoms with van der Waals surface area (Å²) in [7, 11) is 5.54. The van der Waals surface area contributed by atoms with Crippen molar-refractivity contribution in [3.8, 4) is 0 Å². The SMILES string of the molecule is [B]CN1CCC(C2CCN(c3cc(NC4CCC(=O)NC4=O)[nH]n3)CC2)C(F)(F)C1. The number of aromatic amines is 1. The lowest BCUT2D eigenvalue weighted by Crippen LogP contribution is -2.52. The smallest absolute Gasteiger partial charge is 0.263 e. The first kappa shape index (κ1) is 21.1. The molecule has 2 atom stereocenters. The Balaban J connectivity index is 1.31. The molecule has 4 rings (SSSR count). The number of hydrogen-bond acceptors (Lipinski definition) is 6. The molecule has 4 heterocycles. The van der Waals surface area contributed by atoms with Gasteiger partial charge in [0.05, 0.1) is 14.4 Å². The number of nitrogens with one attached hydrogen (secondary N) is 3. The number of likely N-dealkylation sites (tertiary alicyclic amines) is 1. The van der Waals surface area contributed by atoms with E-state index >= 15 is 0 Å². The fourth-order valence-corrected chi connectivity index (χ4v) is 4.86. The maximum Gasteiger partial charge on any atom is 0.263 e. The molecule has 30 heavy (non-hydrogen) atoms. The molecule has 0 aliphatic carbocycles. The third-order valence-electron chi connectivity index (χ3n) is 6.56. The molecule has 3 saturated heterocycles. The molecule has 0 bridgehead atoms. The van der Waals surface area contributed by atoms with Gasteiger partial charge in [-0.25, -0.2) is 8.78 Å². The van der Waals surface area contributed by atoms with Gasteiger partial charge in [0.25, 0.3) is 5.92 Å². The molecule has 2 radical (unpaired) electrons. The van der Waals surface area contributed by atoms with Gasteiger partial charge in [-0.3, -0.25) is 20.0 Å². The van der Waals surface area contributed by atoms with Crippen molar-refractivity contribution in [1.29, 1.82) is 0 Å². The minimum absolute atomic E-state index is 0.00353. The van der Waals surface area contributed by atoms with Crippen LogP contribution < -0.4 is 15.5 Å². The van der Waals surface area contributed by atoms with Gasteiger partial charge in [0.1, 0.15) is 11.9 Å². The van der Waals surface area contributed by atoms with Crippen molar-refractivity contribution >= 4 is 31.3 Å². The Morgan fingerprint density at radius 3 is 2.63 bits per heavy atom. The second-order valence-corrected chi connectivity index (χ2v) is 8.50. The number of piperidine rings is 3. The number of aromatic nitrogens is 2. The lowest BCUT2D eigenvalue weighted by Gasteiger charge is -2.44. The maximum atomic E-state index is 14.6. The molecule has 3 aliphatic heterocycles. The van der Waals surface area contributed by atoms with Gasteiger partial charge >= 0.3 is 0 Å². The van der Waals surface area contributed by atoms with Crippen molar-refractivity contribution in [2.45, 2.75) is 44.1 Å². The molecule has 0 saturated carbocycles. The predicted octanol–water partition coefficient (Wildman–Crippen LogP) is 0.926. The first-order valence-corrected chi connectivity index (χ1v) is 10.6. The quantitative estimate of drug-likeness (QED) is 0.485. The highest BCUT2D eigenvalue weighted by Gasteiger charge is 2.48. The highest BCUT2D eigenvalue weighted by atomic mass is 19.3. The van der Waals surface area contributed by atoms with E-state index < -0.39 is 17.9 Å². The fraction of sp³-hybridized carbons (Fsp3) is 0.737. The van der Waals surface area contributed by atoms with Gasteiger partial charge in [-0.05, 0) is 44.6 Å². The number of halogens is 2. The zero-order valence-electron chi connectivity index (χ0n) is 16.9. The summed E-state index contributed by atoms with van der Waals surface area (Å²) < 4.78 is 29.2. The van der Waals surface area contributed by atoms with E-state index in [1.165, 1.54) is 0 Å². The van der Waals surface area contributed by atoms with E-state index in [1.807, 2.05) is 6.07 Å². The highest BCUT2D eigenvalue weighted by Crippen LogP contribution is 2.42. The van der Waals surface area contributed by atoms with Crippen molar-refractivity contribution < 1.29 is 18.4 Å². The van der Waals surface area contributed by atoms with Crippen LogP contribution in [0, 0.1) is 11.8 Å². The zero-order chi connectivity index (χ0) is 21.3. The summed E-state index contributed by atoms with van der Waals surface area (Å²) in [6.07, 6.45) is 2.79. The number of carbonyl (C=O) groups is 2.